The van der Waals surface area contributed by atoms with Gasteiger partial charge in [-0.3, -0.25) is 0 Å². The Morgan fingerprint density at radius 3 is 2.82 bits per heavy atom. The van der Waals surface area contributed by atoms with E-state index in [1.54, 1.807) is 12.1 Å². The molecule has 0 radical (unpaired) electrons. The van der Waals surface area contributed by atoms with Crippen LogP contribution < -0.4 is 0 Å². The second-order valence-electron chi connectivity index (χ2n) is 1.72. The highest BCUT2D eigenvalue weighted by Gasteiger charge is 1.90. The van der Waals surface area contributed by atoms with E-state index in [0.717, 1.165) is 0 Å². The first-order chi connectivity index (χ1) is 5.36. The van der Waals surface area contributed by atoms with Crippen molar-refractivity contribution >= 4 is 23.1 Å². The fourth-order valence-electron chi connectivity index (χ4n) is 0.571. The van der Waals surface area contributed by atoms with E-state index in [1.165, 1.54) is 6.20 Å². The maximum Gasteiger partial charge on any atom is 0.140 e. The third-order valence-corrected chi connectivity index (χ3v) is 1.13. The van der Waals surface area contributed by atoms with Gasteiger partial charge >= 0.3 is 0 Å². The average Bonchev–Trinajstić information content (AvgIpc) is 2.07. The van der Waals surface area contributed by atoms with Crippen LogP contribution in [0.1, 0.15) is 5.69 Å². The van der Waals surface area contributed by atoms with Crippen LogP contribution in [0.2, 0.25) is 0 Å². The Kier molecular flexibility index (Phi) is 2.45. The summed E-state index contributed by atoms with van der Waals surface area (Å²) in [6.07, 6.45) is 1.47. The van der Waals surface area contributed by atoms with Crippen LogP contribution in [-0.4, -0.2) is 10.1 Å². The van der Waals surface area contributed by atoms with Crippen molar-refractivity contribution in [2.24, 2.45) is 4.99 Å². The molecule has 0 N–H and O–H groups in total. The predicted octanol–water partition coefficient (Wildman–Crippen LogP) is 1.69. The molecule has 0 atom stereocenters. The SMILES string of the molecule is N#Cc1ccc(N=C=S)cn1. The number of thiocarbonyl (C=S) groups is 1. The van der Waals surface area contributed by atoms with E-state index in [0.29, 0.717) is 11.4 Å². The lowest BCUT2D eigenvalue weighted by Gasteiger charge is -1.87. The van der Waals surface area contributed by atoms with E-state index in [1.807, 2.05) is 6.07 Å². The fourth-order valence-corrected chi connectivity index (χ4v) is 0.676. The number of nitrogens with zero attached hydrogens (tertiary/aromatic N) is 3. The monoisotopic (exact) mass is 161 g/mol. The molecule has 0 aliphatic rings. The van der Waals surface area contributed by atoms with E-state index in [9.17, 15) is 0 Å². The first-order valence-electron chi connectivity index (χ1n) is 2.81. The number of nitriles is 1. The molecule has 11 heavy (non-hydrogen) atoms. The second-order valence-corrected chi connectivity index (χ2v) is 1.90. The lowest BCUT2D eigenvalue weighted by Crippen LogP contribution is -1.77. The number of isothiocyanates is 1. The Balaban J connectivity index is 3.02. The van der Waals surface area contributed by atoms with Crippen LogP contribution in [0.15, 0.2) is 23.3 Å². The molecule has 1 rings (SSSR count). The van der Waals surface area contributed by atoms with Crippen molar-refractivity contribution in [2.75, 3.05) is 0 Å². The summed E-state index contributed by atoms with van der Waals surface area (Å²) >= 11 is 4.39. The summed E-state index contributed by atoms with van der Waals surface area (Å²) in [6.45, 7) is 0. The molecule has 0 bridgehead atoms. The first kappa shape index (κ1) is 7.55. The largest absolute Gasteiger partial charge is 0.243 e. The molecule has 4 heteroatoms. The highest BCUT2D eigenvalue weighted by atomic mass is 32.1. The number of hydrogen-bond donors (Lipinski definition) is 0. The molecule has 1 aromatic rings. The van der Waals surface area contributed by atoms with Crippen molar-refractivity contribution in [3.63, 3.8) is 0 Å². The summed E-state index contributed by atoms with van der Waals surface area (Å²) < 4.78 is 0. The van der Waals surface area contributed by atoms with Gasteiger partial charge in [-0.25, -0.2) is 4.98 Å². The summed E-state index contributed by atoms with van der Waals surface area (Å²) in [7, 11) is 0. The standard InChI is InChI=1S/C7H3N3S/c8-3-6-1-2-7(4-9-6)10-5-11/h1-2,4H. The molecule has 1 aromatic heterocycles. The third-order valence-electron chi connectivity index (χ3n) is 1.04. The zero-order chi connectivity index (χ0) is 8.10. The molecule has 0 spiro atoms. The lowest BCUT2D eigenvalue weighted by atomic mass is 10.3. The number of pyridine rings is 1. The topological polar surface area (TPSA) is 49.0 Å². The zero-order valence-electron chi connectivity index (χ0n) is 5.48. The van der Waals surface area contributed by atoms with E-state index in [4.69, 9.17) is 5.26 Å². The molecule has 1 heterocycles. The van der Waals surface area contributed by atoms with Crippen LogP contribution in [0.25, 0.3) is 0 Å². The number of aromatic nitrogens is 1. The Hall–Kier alpha value is -1.56. The molecule has 0 amide bonds. The maximum atomic E-state index is 8.38. The van der Waals surface area contributed by atoms with Crippen molar-refractivity contribution in [2.45, 2.75) is 0 Å². The average molecular weight is 161 g/mol. The summed E-state index contributed by atoms with van der Waals surface area (Å²) in [4.78, 5) is 7.45. The summed E-state index contributed by atoms with van der Waals surface area (Å²) in [5.74, 6) is 0. The van der Waals surface area contributed by atoms with Gasteiger partial charge in [0.15, 0.2) is 0 Å². The highest BCUT2D eigenvalue weighted by molar-refractivity contribution is 7.78. The van der Waals surface area contributed by atoms with Crippen LogP contribution in [0.4, 0.5) is 5.69 Å². The van der Waals surface area contributed by atoms with Gasteiger partial charge < -0.3 is 0 Å². The minimum atomic E-state index is 0.369. The van der Waals surface area contributed by atoms with Gasteiger partial charge in [0.25, 0.3) is 0 Å². The normalized spacial score (nSPS) is 7.91. The quantitative estimate of drug-likeness (QED) is 0.465. The first-order valence-corrected chi connectivity index (χ1v) is 3.21. The molecular formula is C7H3N3S. The molecule has 0 saturated heterocycles. The van der Waals surface area contributed by atoms with Gasteiger partial charge in [-0.2, -0.15) is 10.3 Å². The Bertz CT molecular complexity index is 330. The predicted molar refractivity (Wildman–Crippen MR) is 43.6 cm³/mol. The highest BCUT2D eigenvalue weighted by Crippen LogP contribution is 2.07. The number of aliphatic imine (C=N–C) groups is 1. The van der Waals surface area contributed by atoms with Gasteiger partial charge in [0.2, 0.25) is 0 Å². The van der Waals surface area contributed by atoms with Gasteiger partial charge in [0, 0.05) is 0 Å². The molecule has 0 aliphatic carbocycles. The summed E-state index contributed by atoms with van der Waals surface area (Å²) in [5, 5.41) is 10.6. The van der Waals surface area contributed by atoms with Crippen LogP contribution in [0, 0.1) is 11.3 Å². The third kappa shape index (κ3) is 1.94. The number of hydrogen-bond acceptors (Lipinski definition) is 4. The van der Waals surface area contributed by atoms with Crippen molar-refractivity contribution in [3.8, 4) is 6.07 Å². The van der Waals surface area contributed by atoms with Crippen LogP contribution in [-0.2, 0) is 0 Å². The Labute approximate surface area is 69.0 Å². The molecule has 0 aromatic carbocycles. The summed E-state index contributed by atoms with van der Waals surface area (Å²) in [6, 6.07) is 5.13. The number of rotatable bonds is 1. The second kappa shape index (κ2) is 3.57. The Morgan fingerprint density at radius 2 is 2.36 bits per heavy atom. The van der Waals surface area contributed by atoms with Crippen LogP contribution in [0.3, 0.4) is 0 Å². The van der Waals surface area contributed by atoms with Gasteiger partial charge in [-0.05, 0) is 24.4 Å². The van der Waals surface area contributed by atoms with Gasteiger partial charge in [0.1, 0.15) is 11.8 Å². The van der Waals surface area contributed by atoms with Gasteiger partial charge in [-0.1, -0.05) is 0 Å². The van der Waals surface area contributed by atoms with Crippen molar-refractivity contribution < 1.29 is 0 Å². The lowest BCUT2D eigenvalue weighted by molar-refractivity contribution is 1.25. The van der Waals surface area contributed by atoms with E-state index >= 15 is 0 Å². The zero-order valence-corrected chi connectivity index (χ0v) is 6.30. The maximum absolute atomic E-state index is 8.38. The summed E-state index contributed by atoms with van der Waals surface area (Å²) in [5.41, 5.74) is 0.979. The van der Waals surface area contributed by atoms with Gasteiger partial charge in [-0.15, -0.1) is 0 Å². The molecule has 52 valence electrons. The van der Waals surface area contributed by atoms with Crippen molar-refractivity contribution in [1.29, 1.82) is 5.26 Å². The van der Waals surface area contributed by atoms with Crippen molar-refractivity contribution in [3.05, 3.63) is 24.0 Å². The smallest absolute Gasteiger partial charge is 0.140 e. The minimum Gasteiger partial charge on any atom is -0.243 e. The molecule has 3 nitrogen and oxygen atoms in total. The minimum absolute atomic E-state index is 0.369. The van der Waals surface area contributed by atoms with Gasteiger partial charge in [0.05, 0.1) is 17.0 Å². The van der Waals surface area contributed by atoms with Crippen molar-refractivity contribution in [1.82, 2.24) is 4.98 Å². The molecule has 0 aliphatic heterocycles. The van der Waals surface area contributed by atoms with E-state index in [-0.39, 0.29) is 0 Å². The molecule has 0 saturated carbocycles. The van der Waals surface area contributed by atoms with E-state index < -0.39 is 0 Å². The van der Waals surface area contributed by atoms with Crippen LogP contribution in [0.5, 0.6) is 0 Å². The molecular weight excluding hydrogens is 158 g/mol. The Morgan fingerprint density at radius 1 is 1.55 bits per heavy atom. The molecule has 0 fully saturated rings. The van der Waals surface area contributed by atoms with E-state index in [2.05, 4.69) is 27.4 Å². The fraction of sp³-hybridized carbons (Fsp3) is 0. The molecule has 0 unspecified atom stereocenters. The van der Waals surface area contributed by atoms with Crippen LogP contribution >= 0.6 is 12.2 Å².